The van der Waals surface area contributed by atoms with Gasteiger partial charge in [0.2, 0.25) is 11.8 Å². The predicted molar refractivity (Wildman–Crippen MR) is 134 cm³/mol. The van der Waals surface area contributed by atoms with Crippen molar-refractivity contribution in [2.45, 2.75) is 20.3 Å². The Hall–Kier alpha value is -2.39. The van der Waals surface area contributed by atoms with Crippen LogP contribution in [-0.2, 0) is 4.74 Å². The first-order valence-corrected chi connectivity index (χ1v) is 12.7. The third-order valence-electron chi connectivity index (χ3n) is 7.73. The molecule has 1 aromatic rings. The summed E-state index contributed by atoms with van der Waals surface area (Å²) in [6.45, 7) is 13.9. The molecular weight excluding hydrogens is 433 g/mol. The first kappa shape index (κ1) is 23.4. The van der Waals surface area contributed by atoms with Crippen LogP contribution >= 0.6 is 0 Å². The summed E-state index contributed by atoms with van der Waals surface area (Å²) < 4.78 is 21.3. The molecule has 0 saturated carbocycles. The van der Waals surface area contributed by atoms with E-state index >= 15 is 4.39 Å². The summed E-state index contributed by atoms with van der Waals surface area (Å²) in [5, 5.41) is 0. The quantitative estimate of drug-likeness (QED) is 0.663. The average Bonchev–Trinajstić information content (AvgIpc) is 2.87. The minimum atomic E-state index is -0.295. The van der Waals surface area contributed by atoms with Crippen LogP contribution in [0.3, 0.4) is 0 Å². The maximum atomic E-state index is 15.8. The Morgan fingerprint density at radius 2 is 1.38 bits per heavy atom. The van der Waals surface area contributed by atoms with Crippen LogP contribution in [0.4, 0.5) is 22.0 Å². The molecule has 1 aliphatic carbocycles. The Morgan fingerprint density at radius 1 is 0.824 bits per heavy atom. The molecule has 1 atom stereocenters. The van der Waals surface area contributed by atoms with Crippen molar-refractivity contribution < 1.29 is 9.13 Å². The maximum absolute atomic E-state index is 15.8. The Morgan fingerprint density at radius 3 is 2.03 bits per heavy atom. The lowest BCUT2D eigenvalue weighted by Gasteiger charge is -2.40. The van der Waals surface area contributed by atoms with E-state index in [4.69, 9.17) is 14.7 Å². The van der Waals surface area contributed by atoms with Crippen molar-refractivity contribution in [2.75, 3.05) is 100 Å². The molecule has 0 amide bonds. The van der Waals surface area contributed by atoms with Gasteiger partial charge >= 0.3 is 0 Å². The fourth-order valence-corrected chi connectivity index (χ4v) is 5.21. The van der Waals surface area contributed by atoms with Crippen LogP contribution in [0.1, 0.15) is 20.3 Å². The fraction of sp³-hybridized carbons (Fsp3) is 0.680. The number of piperazine rings is 2. The topological polar surface area (TPSA) is 51.2 Å². The van der Waals surface area contributed by atoms with E-state index < -0.39 is 0 Å². The molecule has 5 rings (SSSR count). The predicted octanol–water partition coefficient (Wildman–Crippen LogP) is 2.20. The van der Waals surface area contributed by atoms with Crippen LogP contribution in [0.15, 0.2) is 23.4 Å². The molecule has 3 fully saturated rings. The molecule has 0 aromatic carbocycles. The molecule has 3 aliphatic heterocycles. The summed E-state index contributed by atoms with van der Waals surface area (Å²) in [5.74, 6) is 1.82. The highest BCUT2D eigenvalue weighted by Crippen LogP contribution is 2.31. The third kappa shape index (κ3) is 4.73. The lowest BCUT2D eigenvalue weighted by atomic mass is 9.92. The van der Waals surface area contributed by atoms with Crippen molar-refractivity contribution in [3.05, 3.63) is 29.2 Å². The molecule has 9 heteroatoms. The number of aromatic nitrogens is 2. The van der Waals surface area contributed by atoms with Crippen LogP contribution < -0.4 is 14.7 Å². The van der Waals surface area contributed by atoms with Crippen molar-refractivity contribution in [1.29, 1.82) is 0 Å². The van der Waals surface area contributed by atoms with Gasteiger partial charge < -0.3 is 29.2 Å². The van der Waals surface area contributed by atoms with Gasteiger partial charge in [0.1, 0.15) is 0 Å². The van der Waals surface area contributed by atoms with Crippen molar-refractivity contribution in [2.24, 2.45) is 5.92 Å². The zero-order valence-electron chi connectivity index (χ0n) is 20.8. The number of halogens is 1. The molecule has 8 nitrogen and oxygen atoms in total. The highest BCUT2D eigenvalue weighted by Gasteiger charge is 2.29. The maximum Gasteiger partial charge on any atom is 0.229 e. The molecule has 1 aromatic heterocycles. The van der Waals surface area contributed by atoms with Gasteiger partial charge in [-0.25, -0.2) is 0 Å². The largest absolute Gasteiger partial charge is 0.378 e. The molecule has 0 N–H and O–H groups in total. The van der Waals surface area contributed by atoms with Crippen molar-refractivity contribution >= 4 is 17.6 Å². The summed E-state index contributed by atoms with van der Waals surface area (Å²) in [5.41, 5.74) is 2.84. The smallest absolute Gasteiger partial charge is 0.229 e. The highest BCUT2D eigenvalue weighted by molar-refractivity contribution is 5.58. The second kappa shape index (κ2) is 10.1. The minimum absolute atomic E-state index is 0.295. The molecule has 186 valence electrons. The third-order valence-corrected chi connectivity index (χ3v) is 7.73. The van der Waals surface area contributed by atoms with Gasteiger partial charge in [-0.05, 0) is 38.0 Å². The van der Waals surface area contributed by atoms with E-state index in [-0.39, 0.29) is 5.82 Å². The van der Waals surface area contributed by atoms with Crippen molar-refractivity contribution in [1.82, 2.24) is 19.8 Å². The SMILES string of the molecule is CC1=C(N2CCN(c3nc(N4CCOCC4)c(F)c(N4CCN(C)CC4)n3)CC2)C=CCC1C. The zero-order valence-corrected chi connectivity index (χ0v) is 20.8. The van der Waals surface area contributed by atoms with Gasteiger partial charge in [-0.2, -0.15) is 14.4 Å². The molecule has 4 heterocycles. The standard InChI is InChI=1S/C25H38FN7O/c1-19-5-4-6-21(20(19)2)30-11-13-33(14-12-30)25-27-23(31-9-7-29(3)8-10-31)22(26)24(28-25)32-15-17-34-18-16-32/h4,6,19H,5,7-18H2,1-3H3. The number of rotatable bonds is 4. The summed E-state index contributed by atoms with van der Waals surface area (Å²) >= 11 is 0. The van der Waals surface area contributed by atoms with E-state index in [1.54, 1.807) is 0 Å². The molecule has 0 radical (unpaired) electrons. The lowest BCUT2D eigenvalue weighted by Crippen LogP contribution is -2.48. The molecule has 4 aliphatic rings. The zero-order chi connectivity index (χ0) is 23.7. The van der Waals surface area contributed by atoms with Crippen molar-refractivity contribution in [3.63, 3.8) is 0 Å². The van der Waals surface area contributed by atoms with Crippen LogP contribution in [-0.4, -0.2) is 105 Å². The molecule has 1 unspecified atom stereocenters. The van der Waals surface area contributed by atoms with E-state index in [0.717, 1.165) is 58.8 Å². The summed E-state index contributed by atoms with van der Waals surface area (Å²) in [6, 6.07) is 0. The molecule has 0 spiro atoms. The average molecular weight is 472 g/mol. The minimum Gasteiger partial charge on any atom is -0.378 e. The number of likely N-dealkylation sites (N-methyl/N-ethyl adjacent to an activating group) is 1. The molecule has 3 saturated heterocycles. The number of morpholine rings is 1. The van der Waals surface area contributed by atoms with Crippen LogP contribution in [0.25, 0.3) is 0 Å². The fourth-order valence-electron chi connectivity index (χ4n) is 5.21. The van der Waals surface area contributed by atoms with E-state index in [9.17, 15) is 0 Å². The number of allylic oxidation sites excluding steroid dienone is 3. The van der Waals surface area contributed by atoms with Gasteiger partial charge in [-0.3, -0.25) is 0 Å². The number of nitrogens with zero attached hydrogens (tertiary/aromatic N) is 7. The van der Waals surface area contributed by atoms with Crippen LogP contribution in [0, 0.1) is 11.7 Å². The van der Waals surface area contributed by atoms with E-state index in [1.165, 1.54) is 11.3 Å². The van der Waals surface area contributed by atoms with E-state index in [1.807, 2.05) is 4.90 Å². The number of ether oxygens (including phenoxy) is 1. The Balaban J connectivity index is 1.39. The number of hydrogen-bond donors (Lipinski definition) is 0. The van der Waals surface area contributed by atoms with E-state index in [0.29, 0.717) is 49.8 Å². The Bertz CT molecular complexity index is 929. The molecule has 34 heavy (non-hydrogen) atoms. The van der Waals surface area contributed by atoms with Gasteiger partial charge in [0.25, 0.3) is 0 Å². The highest BCUT2D eigenvalue weighted by atomic mass is 19.1. The Labute approximate surface area is 202 Å². The first-order chi connectivity index (χ1) is 16.5. The van der Waals surface area contributed by atoms with Gasteiger partial charge in [-0.1, -0.05) is 13.0 Å². The van der Waals surface area contributed by atoms with Gasteiger partial charge in [-0.15, -0.1) is 0 Å². The molecular formula is C25H38FN7O. The second-order valence-electron chi connectivity index (χ2n) is 9.96. The van der Waals surface area contributed by atoms with Crippen LogP contribution in [0.2, 0.25) is 0 Å². The van der Waals surface area contributed by atoms with Crippen LogP contribution in [0.5, 0.6) is 0 Å². The first-order valence-electron chi connectivity index (χ1n) is 12.7. The van der Waals surface area contributed by atoms with Crippen molar-refractivity contribution in [3.8, 4) is 0 Å². The van der Waals surface area contributed by atoms with Gasteiger partial charge in [0.15, 0.2) is 11.6 Å². The lowest BCUT2D eigenvalue weighted by molar-refractivity contribution is 0.122. The number of hydrogen-bond acceptors (Lipinski definition) is 8. The summed E-state index contributed by atoms with van der Waals surface area (Å²) in [6.07, 6.45) is 5.69. The normalized spacial score (nSPS) is 24.9. The summed E-state index contributed by atoms with van der Waals surface area (Å²) in [4.78, 5) is 20.7. The second-order valence-corrected chi connectivity index (χ2v) is 9.96. The van der Waals surface area contributed by atoms with Gasteiger partial charge in [0.05, 0.1) is 13.2 Å². The van der Waals surface area contributed by atoms with Gasteiger partial charge in [0, 0.05) is 71.1 Å². The number of anilines is 3. The summed E-state index contributed by atoms with van der Waals surface area (Å²) in [7, 11) is 2.11. The monoisotopic (exact) mass is 471 g/mol. The Kier molecular flexibility index (Phi) is 6.92. The van der Waals surface area contributed by atoms with E-state index in [2.05, 4.69) is 52.6 Å². The molecule has 0 bridgehead atoms.